The van der Waals surface area contributed by atoms with Crippen molar-refractivity contribution in [3.05, 3.63) is 64.2 Å². The van der Waals surface area contributed by atoms with E-state index in [0.717, 1.165) is 37.4 Å². The molecule has 3 rings (SSSR count). The number of benzene rings is 2. The highest BCUT2D eigenvalue weighted by atomic mass is 16.6. The first-order chi connectivity index (χ1) is 13.0. The fourth-order valence-corrected chi connectivity index (χ4v) is 3.22. The fraction of sp³-hybridized carbons (Fsp3) is 0.316. The zero-order chi connectivity index (χ0) is 19.2. The van der Waals surface area contributed by atoms with E-state index in [9.17, 15) is 20.0 Å². The lowest BCUT2D eigenvalue weighted by atomic mass is 10.0. The molecule has 2 aromatic rings. The van der Waals surface area contributed by atoms with Crippen LogP contribution >= 0.6 is 0 Å². The lowest BCUT2D eigenvalue weighted by Gasteiger charge is -2.30. The van der Waals surface area contributed by atoms with E-state index >= 15 is 0 Å². The number of carbonyl (C=O) groups is 1. The molecule has 0 amide bonds. The molecule has 1 aliphatic rings. The Labute approximate surface area is 157 Å². The molecule has 1 heterocycles. The molecule has 0 bridgehead atoms. The fourth-order valence-electron chi connectivity index (χ4n) is 3.22. The minimum Gasteiger partial charge on any atom is -0.481 e. The van der Waals surface area contributed by atoms with Crippen LogP contribution < -0.4 is 15.5 Å². The second-order valence-electron chi connectivity index (χ2n) is 6.40. The van der Waals surface area contributed by atoms with Crippen molar-refractivity contribution >= 4 is 23.0 Å². The average molecular weight is 370 g/mol. The third kappa shape index (κ3) is 4.73. The third-order valence-corrected chi connectivity index (χ3v) is 4.57. The van der Waals surface area contributed by atoms with Gasteiger partial charge in [0.1, 0.15) is 5.69 Å². The molecule has 1 saturated heterocycles. The van der Waals surface area contributed by atoms with Crippen LogP contribution in [0.15, 0.2) is 48.5 Å². The molecule has 0 aromatic heterocycles. The number of nitrogens with zero attached hydrogens (tertiary/aromatic N) is 2. The van der Waals surface area contributed by atoms with Crippen molar-refractivity contribution in [3.8, 4) is 0 Å². The molecule has 27 heavy (non-hydrogen) atoms. The summed E-state index contributed by atoms with van der Waals surface area (Å²) in [6, 6.07) is 13.5. The van der Waals surface area contributed by atoms with Crippen LogP contribution in [0, 0.1) is 10.1 Å². The highest BCUT2D eigenvalue weighted by Crippen LogP contribution is 2.33. The molecular weight excluding hydrogens is 348 g/mol. The highest BCUT2D eigenvalue weighted by molar-refractivity contribution is 5.72. The number of nitro benzene ring substituents is 1. The Morgan fingerprint density at radius 2 is 1.93 bits per heavy atom. The van der Waals surface area contributed by atoms with Crippen LogP contribution in [0.25, 0.3) is 0 Å². The highest BCUT2D eigenvalue weighted by Gasteiger charge is 2.22. The van der Waals surface area contributed by atoms with Crippen molar-refractivity contribution in [1.82, 2.24) is 5.32 Å². The standard InChI is InChI=1S/C19H22N4O4/c24-19(25)13-16(14-4-2-1-3-5-14)21-17-12-15(6-7-18(17)23(26)27)22-10-8-20-9-11-22/h1-7,12,16,20-21H,8-11,13H2,(H,24,25). The lowest BCUT2D eigenvalue weighted by molar-refractivity contribution is -0.384. The molecule has 0 radical (unpaired) electrons. The van der Waals surface area contributed by atoms with Gasteiger partial charge < -0.3 is 20.6 Å². The van der Waals surface area contributed by atoms with Crippen molar-refractivity contribution in [3.63, 3.8) is 0 Å². The topological polar surface area (TPSA) is 108 Å². The maximum atomic E-state index is 11.5. The maximum Gasteiger partial charge on any atom is 0.305 e. The predicted octanol–water partition coefficient (Wildman–Crippen LogP) is 2.63. The van der Waals surface area contributed by atoms with Gasteiger partial charge in [0.05, 0.1) is 17.4 Å². The van der Waals surface area contributed by atoms with Gasteiger partial charge in [0, 0.05) is 37.9 Å². The van der Waals surface area contributed by atoms with Crippen LogP contribution in [0.2, 0.25) is 0 Å². The quantitative estimate of drug-likeness (QED) is 0.508. The number of piperazine rings is 1. The van der Waals surface area contributed by atoms with Crippen molar-refractivity contribution in [2.24, 2.45) is 0 Å². The van der Waals surface area contributed by atoms with Gasteiger partial charge in [-0.25, -0.2) is 0 Å². The number of nitro groups is 1. The van der Waals surface area contributed by atoms with E-state index in [2.05, 4.69) is 15.5 Å². The van der Waals surface area contributed by atoms with E-state index in [1.807, 2.05) is 30.3 Å². The Morgan fingerprint density at radius 1 is 1.22 bits per heavy atom. The number of hydrogen-bond donors (Lipinski definition) is 3. The molecule has 1 unspecified atom stereocenters. The summed E-state index contributed by atoms with van der Waals surface area (Å²) in [5, 5.41) is 27.1. The summed E-state index contributed by atoms with van der Waals surface area (Å²) in [5.41, 5.74) is 1.90. The van der Waals surface area contributed by atoms with Crippen LogP contribution in [0.4, 0.5) is 17.1 Å². The second-order valence-corrected chi connectivity index (χ2v) is 6.40. The van der Waals surface area contributed by atoms with E-state index in [-0.39, 0.29) is 12.1 Å². The number of aliphatic carboxylic acids is 1. The molecule has 3 N–H and O–H groups in total. The van der Waals surface area contributed by atoms with Gasteiger partial charge >= 0.3 is 5.97 Å². The van der Waals surface area contributed by atoms with E-state index in [1.54, 1.807) is 12.1 Å². The number of carboxylic acid groups (broad SMARTS) is 1. The summed E-state index contributed by atoms with van der Waals surface area (Å²) in [6.07, 6.45) is -0.182. The molecule has 1 aliphatic heterocycles. The van der Waals surface area contributed by atoms with Gasteiger partial charge in [0.15, 0.2) is 0 Å². The molecule has 8 heteroatoms. The Bertz CT molecular complexity index is 807. The Balaban J connectivity index is 1.93. The molecule has 0 saturated carbocycles. The van der Waals surface area contributed by atoms with E-state index in [0.29, 0.717) is 5.69 Å². The molecule has 1 fully saturated rings. The lowest BCUT2D eigenvalue weighted by Crippen LogP contribution is -2.43. The summed E-state index contributed by atoms with van der Waals surface area (Å²) < 4.78 is 0. The zero-order valence-electron chi connectivity index (χ0n) is 14.8. The maximum absolute atomic E-state index is 11.5. The number of anilines is 2. The monoisotopic (exact) mass is 370 g/mol. The molecule has 0 spiro atoms. The van der Waals surface area contributed by atoms with Crippen LogP contribution in [0.5, 0.6) is 0 Å². The minimum atomic E-state index is -0.975. The van der Waals surface area contributed by atoms with Crippen molar-refractivity contribution in [2.75, 3.05) is 36.4 Å². The molecule has 142 valence electrons. The molecule has 1 atom stereocenters. The van der Waals surface area contributed by atoms with Gasteiger partial charge in [-0.05, 0) is 17.7 Å². The summed E-state index contributed by atoms with van der Waals surface area (Å²) in [5.74, 6) is -0.975. The second kappa shape index (κ2) is 8.50. The Morgan fingerprint density at radius 3 is 2.56 bits per heavy atom. The molecular formula is C19H22N4O4. The van der Waals surface area contributed by atoms with Gasteiger partial charge in [0.2, 0.25) is 0 Å². The van der Waals surface area contributed by atoms with Gasteiger partial charge in [-0.1, -0.05) is 30.3 Å². The van der Waals surface area contributed by atoms with Crippen molar-refractivity contribution < 1.29 is 14.8 Å². The number of carboxylic acids is 1. The molecule has 2 aromatic carbocycles. The first-order valence-corrected chi connectivity index (χ1v) is 8.82. The van der Waals surface area contributed by atoms with E-state index in [4.69, 9.17) is 0 Å². The first-order valence-electron chi connectivity index (χ1n) is 8.82. The average Bonchev–Trinajstić information content (AvgIpc) is 2.68. The number of hydrogen-bond acceptors (Lipinski definition) is 6. The molecule has 0 aliphatic carbocycles. The number of nitrogens with one attached hydrogen (secondary N) is 2. The normalized spacial score (nSPS) is 15.2. The van der Waals surface area contributed by atoms with Gasteiger partial charge in [-0.3, -0.25) is 14.9 Å². The Hall–Kier alpha value is -3.13. The van der Waals surface area contributed by atoms with Crippen molar-refractivity contribution in [1.29, 1.82) is 0 Å². The summed E-state index contributed by atoms with van der Waals surface area (Å²) in [4.78, 5) is 24.5. The van der Waals surface area contributed by atoms with Crippen LogP contribution in [-0.4, -0.2) is 42.2 Å². The van der Waals surface area contributed by atoms with Crippen LogP contribution in [-0.2, 0) is 4.79 Å². The van der Waals surface area contributed by atoms with Crippen LogP contribution in [0.1, 0.15) is 18.0 Å². The van der Waals surface area contributed by atoms with E-state index < -0.39 is 16.9 Å². The largest absolute Gasteiger partial charge is 0.481 e. The third-order valence-electron chi connectivity index (χ3n) is 4.57. The van der Waals surface area contributed by atoms with Gasteiger partial charge in [0.25, 0.3) is 5.69 Å². The smallest absolute Gasteiger partial charge is 0.305 e. The zero-order valence-corrected chi connectivity index (χ0v) is 14.8. The van der Waals surface area contributed by atoms with Crippen LogP contribution in [0.3, 0.4) is 0 Å². The Kier molecular flexibility index (Phi) is 5.87. The summed E-state index contributed by atoms with van der Waals surface area (Å²) >= 11 is 0. The van der Waals surface area contributed by atoms with Gasteiger partial charge in [-0.2, -0.15) is 0 Å². The number of rotatable bonds is 7. The van der Waals surface area contributed by atoms with Gasteiger partial charge in [-0.15, -0.1) is 0 Å². The summed E-state index contributed by atoms with van der Waals surface area (Å²) in [7, 11) is 0. The first kappa shape index (κ1) is 18.7. The van der Waals surface area contributed by atoms with Crippen molar-refractivity contribution in [2.45, 2.75) is 12.5 Å². The minimum absolute atomic E-state index is 0.0693. The SMILES string of the molecule is O=C(O)CC(Nc1cc(N2CCNCC2)ccc1[N+](=O)[O-])c1ccccc1. The molecule has 8 nitrogen and oxygen atoms in total. The predicted molar refractivity (Wildman–Crippen MR) is 103 cm³/mol. The summed E-state index contributed by atoms with van der Waals surface area (Å²) in [6.45, 7) is 3.33. The van der Waals surface area contributed by atoms with E-state index in [1.165, 1.54) is 6.07 Å².